The number of benzene rings is 1. The SMILES string of the molecule is CC(C)Cc1cc(C(=O)NCc2ccccc2Cl)n[nH]1. The van der Waals surface area contributed by atoms with Crippen LogP contribution in [0.2, 0.25) is 5.02 Å². The molecule has 4 nitrogen and oxygen atoms in total. The summed E-state index contributed by atoms with van der Waals surface area (Å²) < 4.78 is 0. The van der Waals surface area contributed by atoms with Crippen LogP contribution < -0.4 is 5.32 Å². The first kappa shape index (κ1) is 14.6. The Hall–Kier alpha value is -1.81. The Kier molecular flexibility index (Phi) is 4.79. The number of nitrogens with zero attached hydrogens (tertiary/aromatic N) is 1. The number of hydrogen-bond acceptors (Lipinski definition) is 2. The van der Waals surface area contributed by atoms with Crippen molar-refractivity contribution in [2.75, 3.05) is 0 Å². The molecule has 0 radical (unpaired) electrons. The molecule has 5 heteroatoms. The molecule has 0 unspecified atom stereocenters. The minimum Gasteiger partial charge on any atom is -0.347 e. The van der Waals surface area contributed by atoms with Crippen molar-refractivity contribution >= 4 is 17.5 Å². The van der Waals surface area contributed by atoms with Crippen molar-refractivity contribution in [1.29, 1.82) is 0 Å². The number of rotatable bonds is 5. The maximum Gasteiger partial charge on any atom is 0.272 e. The zero-order valence-electron chi connectivity index (χ0n) is 11.6. The summed E-state index contributed by atoms with van der Waals surface area (Å²) in [5, 5.41) is 10.4. The number of carbonyl (C=O) groups is 1. The van der Waals surface area contributed by atoms with Gasteiger partial charge in [0.15, 0.2) is 0 Å². The van der Waals surface area contributed by atoms with Crippen LogP contribution in [0.4, 0.5) is 0 Å². The molecule has 0 atom stereocenters. The summed E-state index contributed by atoms with van der Waals surface area (Å²) in [6.45, 7) is 4.64. The second-order valence-corrected chi connectivity index (χ2v) is 5.56. The summed E-state index contributed by atoms with van der Waals surface area (Å²) in [5.74, 6) is 0.325. The molecule has 0 saturated carbocycles. The number of nitrogens with one attached hydrogen (secondary N) is 2. The Morgan fingerprint density at radius 3 is 2.85 bits per heavy atom. The van der Waals surface area contributed by atoms with Gasteiger partial charge < -0.3 is 5.32 Å². The molecule has 0 spiro atoms. The molecule has 2 aromatic rings. The van der Waals surface area contributed by atoms with E-state index >= 15 is 0 Å². The van der Waals surface area contributed by atoms with E-state index in [9.17, 15) is 4.79 Å². The first-order valence-electron chi connectivity index (χ1n) is 6.62. The lowest BCUT2D eigenvalue weighted by Gasteiger charge is -2.05. The molecule has 0 bridgehead atoms. The zero-order chi connectivity index (χ0) is 14.5. The molecular formula is C15H18ClN3O. The van der Waals surface area contributed by atoms with E-state index in [1.807, 2.05) is 18.2 Å². The number of amides is 1. The summed E-state index contributed by atoms with van der Waals surface area (Å²) in [4.78, 5) is 12.0. The predicted molar refractivity (Wildman–Crippen MR) is 79.8 cm³/mol. The van der Waals surface area contributed by atoms with Crippen LogP contribution in [0.25, 0.3) is 0 Å². The molecule has 1 aromatic carbocycles. The van der Waals surface area contributed by atoms with Gasteiger partial charge in [0.2, 0.25) is 0 Å². The van der Waals surface area contributed by atoms with Gasteiger partial charge in [-0.1, -0.05) is 43.6 Å². The van der Waals surface area contributed by atoms with Gasteiger partial charge in [0.1, 0.15) is 5.69 Å². The van der Waals surface area contributed by atoms with Crippen LogP contribution in [-0.2, 0) is 13.0 Å². The minimum atomic E-state index is -0.198. The number of halogens is 1. The number of carbonyl (C=O) groups excluding carboxylic acids is 1. The Balaban J connectivity index is 1.95. The minimum absolute atomic E-state index is 0.198. The van der Waals surface area contributed by atoms with E-state index in [1.54, 1.807) is 12.1 Å². The number of H-pyrrole nitrogens is 1. The van der Waals surface area contributed by atoms with Crippen LogP contribution >= 0.6 is 11.6 Å². The first-order valence-corrected chi connectivity index (χ1v) is 7.00. The molecular weight excluding hydrogens is 274 g/mol. The first-order chi connectivity index (χ1) is 9.56. The molecule has 2 rings (SSSR count). The molecule has 0 fully saturated rings. The van der Waals surface area contributed by atoms with E-state index in [4.69, 9.17) is 11.6 Å². The average molecular weight is 292 g/mol. The lowest BCUT2D eigenvalue weighted by Crippen LogP contribution is -2.23. The van der Waals surface area contributed by atoms with Crippen LogP contribution in [0, 0.1) is 5.92 Å². The quantitative estimate of drug-likeness (QED) is 0.889. The van der Waals surface area contributed by atoms with Gasteiger partial charge in [-0.05, 0) is 30.0 Å². The van der Waals surface area contributed by atoms with E-state index in [2.05, 4.69) is 29.4 Å². The highest BCUT2D eigenvalue weighted by atomic mass is 35.5. The molecule has 1 amide bonds. The summed E-state index contributed by atoms with van der Waals surface area (Å²) in [7, 11) is 0. The highest BCUT2D eigenvalue weighted by Crippen LogP contribution is 2.14. The normalized spacial score (nSPS) is 10.8. The third-order valence-electron chi connectivity index (χ3n) is 2.89. The Labute approximate surface area is 123 Å². The molecule has 106 valence electrons. The summed E-state index contributed by atoms with van der Waals surface area (Å²) in [6.07, 6.45) is 0.880. The summed E-state index contributed by atoms with van der Waals surface area (Å²) >= 11 is 6.04. The van der Waals surface area contributed by atoms with Crippen molar-refractivity contribution in [3.63, 3.8) is 0 Å². The van der Waals surface area contributed by atoms with Crippen LogP contribution in [0.15, 0.2) is 30.3 Å². The molecule has 0 saturated heterocycles. The van der Waals surface area contributed by atoms with E-state index in [1.165, 1.54) is 0 Å². The van der Waals surface area contributed by atoms with Gasteiger partial charge in [-0.25, -0.2) is 0 Å². The van der Waals surface area contributed by atoms with E-state index in [0.717, 1.165) is 17.7 Å². The van der Waals surface area contributed by atoms with Crippen LogP contribution in [0.3, 0.4) is 0 Å². The third-order valence-corrected chi connectivity index (χ3v) is 3.26. The summed E-state index contributed by atoms with van der Waals surface area (Å²) in [5.41, 5.74) is 2.27. The molecule has 1 heterocycles. The van der Waals surface area contributed by atoms with Gasteiger partial charge in [0, 0.05) is 17.3 Å². The predicted octanol–water partition coefficient (Wildman–Crippen LogP) is 3.19. The molecule has 0 aliphatic rings. The smallest absolute Gasteiger partial charge is 0.272 e. The monoisotopic (exact) mass is 291 g/mol. The highest BCUT2D eigenvalue weighted by molar-refractivity contribution is 6.31. The lowest BCUT2D eigenvalue weighted by molar-refractivity contribution is 0.0946. The van der Waals surface area contributed by atoms with Crippen molar-refractivity contribution in [2.24, 2.45) is 5.92 Å². The van der Waals surface area contributed by atoms with Crippen molar-refractivity contribution in [3.8, 4) is 0 Å². The van der Waals surface area contributed by atoms with Gasteiger partial charge in [0.05, 0.1) is 0 Å². The fraction of sp³-hybridized carbons (Fsp3) is 0.333. The Morgan fingerprint density at radius 2 is 2.15 bits per heavy atom. The van der Waals surface area contributed by atoms with Gasteiger partial charge in [-0.2, -0.15) is 5.10 Å². The van der Waals surface area contributed by atoms with E-state index in [0.29, 0.717) is 23.2 Å². The molecule has 20 heavy (non-hydrogen) atoms. The molecule has 0 aliphatic carbocycles. The Morgan fingerprint density at radius 1 is 1.40 bits per heavy atom. The number of hydrogen-bond donors (Lipinski definition) is 2. The van der Waals surface area contributed by atoms with Gasteiger partial charge >= 0.3 is 0 Å². The van der Waals surface area contributed by atoms with Crippen molar-refractivity contribution in [3.05, 3.63) is 52.3 Å². The third kappa shape index (κ3) is 3.84. The number of aromatic nitrogens is 2. The molecule has 1 aromatic heterocycles. The van der Waals surface area contributed by atoms with Crippen molar-refractivity contribution in [2.45, 2.75) is 26.8 Å². The van der Waals surface area contributed by atoms with Crippen molar-refractivity contribution < 1.29 is 4.79 Å². The van der Waals surface area contributed by atoms with Crippen molar-refractivity contribution in [1.82, 2.24) is 15.5 Å². The van der Waals surface area contributed by atoms with Crippen LogP contribution in [0.5, 0.6) is 0 Å². The van der Waals surface area contributed by atoms with Crippen LogP contribution in [-0.4, -0.2) is 16.1 Å². The van der Waals surface area contributed by atoms with Gasteiger partial charge in [-0.15, -0.1) is 0 Å². The topological polar surface area (TPSA) is 57.8 Å². The molecule has 2 N–H and O–H groups in total. The fourth-order valence-corrected chi connectivity index (χ4v) is 2.13. The second-order valence-electron chi connectivity index (χ2n) is 5.15. The van der Waals surface area contributed by atoms with E-state index < -0.39 is 0 Å². The van der Waals surface area contributed by atoms with E-state index in [-0.39, 0.29) is 5.91 Å². The Bertz CT molecular complexity index is 592. The summed E-state index contributed by atoms with van der Waals surface area (Å²) in [6, 6.07) is 9.24. The average Bonchev–Trinajstić information content (AvgIpc) is 2.85. The molecule has 0 aliphatic heterocycles. The standard InChI is InChI=1S/C15H18ClN3O/c1-10(2)7-12-8-14(19-18-12)15(20)17-9-11-5-3-4-6-13(11)16/h3-6,8,10H,7,9H2,1-2H3,(H,17,20)(H,18,19). The van der Waals surface area contributed by atoms with Gasteiger partial charge in [0.25, 0.3) is 5.91 Å². The maximum atomic E-state index is 12.0. The number of aromatic amines is 1. The maximum absolute atomic E-state index is 12.0. The zero-order valence-corrected chi connectivity index (χ0v) is 12.4. The highest BCUT2D eigenvalue weighted by Gasteiger charge is 2.11. The van der Waals surface area contributed by atoms with Gasteiger partial charge in [-0.3, -0.25) is 9.89 Å². The largest absolute Gasteiger partial charge is 0.347 e. The van der Waals surface area contributed by atoms with Crippen LogP contribution in [0.1, 0.15) is 35.6 Å². The lowest BCUT2D eigenvalue weighted by atomic mass is 10.1. The fourth-order valence-electron chi connectivity index (χ4n) is 1.93. The second kappa shape index (κ2) is 6.57.